The number of carbonyl (C=O) groups is 1. The molecule has 2 aromatic rings. The molecule has 94 valence electrons. The van der Waals surface area contributed by atoms with Gasteiger partial charge in [0.1, 0.15) is 17.4 Å². The van der Waals surface area contributed by atoms with Gasteiger partial charge >= 0.3 is 0 Å². The summed E-state index contributed by atoms with van der Waals surface area (Å²) in [7, 11) is 0. The van der Waals surface area contributed by atoms with Crippen LogP contribution in [0.5, 0.6) is 0 Å². The van der Waals surface area contributed by atoms with E-state index in [1.54, 1.807) is 6.92 Å². The van der Waals surface area contributed by atoms with E-state index in [2.05, 4.69) is 10.5 Å². The summed E-state index contributed by atoms with van der Waals surface area (Å²) in [6.45, 7) is 1.64. The quantitative estimate of drug-likeness (QED) is 0.803. The molecule has 1 heterocycles. The van der Waals surface area contributed by atoms with Crippen LogP contribution < -0.4 is 11.1 Å². The number of halogens is 2. The summed E-state index contributed by atoms with van der Waals surface area (Å²) >= 11 is 0. The van der Waals surface area contributed by atoms with Crippen molar-refractivity contribution in [3.8, 4) is 0 Å². The lowest BCUT2D eigenvalue weighted by Gasteiger charge is -2.04. The van der Waals surface area contributed by atoms with E-state index in [-0.39, 0.29) is 17.1 Å². The SMILES string of the molecule is Cc1cc(NC(=O)c2cc(N)c(F)cc2F)no1. The number of amides is 1. The van der Waals surface area contributed by atoms with Gasteiger partial charge in [0, 0.05) is 12.1 Å². The van der Waals surface area contributed by atoms with Crippen molar-refractivity contribution in [1.82, 2.24) is 5.16 Å². The number of nitrogen functional groups attached to an aromatic ring is 1. The zero-order chi connectivity index (χ0) is 13.3. The molecule has 18 heavy (non-hydrogen) atoms. The monoisotopic (exact) mass is 253 g/mol. The average molecular weight is 253 g/mol. The second-order valence-corrected chi connectivity index (χ2v) is 3.63. The van der Waals surface area contributed by atoms with Crippen LogP contribution in [0.1, 0.15) is 16.1 Å². The fourth-order valence-corrected chi connectivity index (χ4v) is 1.35. The van der Waals surface area contributed by atoms with Crippen molar-refractivity contribution in [2.45, 2.75) is 6.92 Å². The molecule has 0 aliphatic rings. The largest absolute Gasteiger partial charge is 0.396 e. The summed E-state index contributed by atoms with van der Waals surface area (Å²) in [5.41, 5.74) is 4.60. The molecule has 5 nitrogen and oxygen atoms in total. The molecule has 0 aliphatic carbocycles. The lowest BCUT2D eigenvalue weighted by molar-refractivity contribution is 0.102. The van der Waals surface area contributed by atoms with E-state index in [4.69, 9.17) is 10.3 Å². The molecule has 1 aromatic carbocycles. The highest BCUT2D eigenvalue weighted by atomic mass is 19.1. The number of aryl methyl sites for hydroxylation is 1. The molecule has 0 bridgehead atoms. The third-order valence-electron chi connectivity index (χ3n) is 2.20. The lowest BCUT2D eigenvalue weighted by Crippen LogP contribution is -2.15. The van der Waals surface area contributed by atoms with Gasteiger partial charge in [-0.25, -0.2) is 8.78 Å². The minimum Gasteiger partial charge on any atom is -0.396 e. The first-order valence-corrected chi connectivity index (χ1v) is 4.96. The maximum Gasteiger partial charge on any atom is 0.259 e. The van der Waals surface area contributed by atoms with E-state index in [0.717, 1.165) is 6.07 Å². The first-order valence-electron chi connectivity index (χ1n) is 4.96. The zero-order valence-electron chi connectivity index (χ0n) is 9.33. The number of hydrogen-bond acceptors (Lipinski definition) is 4. The highest BCUT2D eigenvalue weighted by Crippen LogP contribution is 2.18. The van der Waals surface area contributed by atoms with E-state index in [1.807, 2.05) is 0 Å². The molecule has 0 fully saturated rings. The van der Waals surface area contributed by atoms with Crippen molar-refractivity contribution in [2.75, 3.05) is 11.1 Å². The number of rotatable bonds is 2. The van der Waals surface area contributed by atoms with Crippen molar-refractivity contribution < 1.29 is 18.1 Å². The van der Waals surface area contributed by atoms with Gasteiger partial charge in [0.05, 0.1) is 11.3 Å². The Bertz CT molecular complexity index is 610. The Morgan fingerprint density at radius 1 is 1.33 bits per heavy atom. The van der Waals surface area contributed by atoms with Gasteiger partial charge in [-0.2, -0.15) is 0 Å². The van der Waals surface area contributed by atoms with Crippen LogP contribution in [-0.4, -0.2) is 11.1 Å². The predicted octanol–water partition coefficient (Wildman–Crippen LogP) is 2.10. The third-order valence-corrected chi connectivity index (χ3v) is 2.20. The summed E-state index contributed by atoms with van der Waals surface area (Å²) in [6.07, 6.45) is 0. The Morgan fingerprint density at radius 2 is 2.06 bits per heavy atom. The first-order chi connectivity index (χ1) is 8.47. The van der Waals surface area contributed by atoms with Crippen molar-refractivity contribution in [3.05, 3.63) is 41.2 Å². The minimum absolute atomic E-state index is 0.139. The minimum atomic E-state index is -1.00. The number of nitrogens with one attached hydrogen (secondary N) is 1. The normalized spacial score (nSPS) is 10.4. The van der Waals surface area contributed by atoms with Gasteiger partial charge in [0.2, 0.25) is 0 Å². The highest BCUT2D eigenvalue weighted by Gasteiger charge is 2.16. The van der Waals surface area contributed by atoms with Crippen molar-refractivity contribution in [2.24, 2.45) is 0 Å². The fourth-order valence-electron chi connectivity index (χ4n) is 1.35. The fraction of sp³-hybridized carbons (Fsp3) is 0.0909. The van der Waals surface area contributed by atoms with Crippen LogP contribution in [-0.2, 0) is 0 Å². The second-order valence-electron chi connectivity index (χ2n) is 3.63. The summed E-state index contributed by atoms with van der Waals surface area (Å²) in [6, 6.07) is 2.94. The average Bonchev–Trinajstić information content (AvgIpc) is 2.69. The van der Waals surface area contributed by atoms with E-state index in [0.29, 0.717) is 11.8 Å². The van der Waals surface area contributed by atoms with Crippen LogP contribution >= 0.6 is 0 Å². The number of carbonyl (C=O) groups excluding carboxylic acids is 1. The smallest absolute Gasteiger partial charge is 0.259 e. The number of nitrogens with two attached hydrogens (primary N) is 1. The van der Waals surface area contributed by atoms with Gasteiger partial charge < -0.3 is 15.6 Å². The maximum atomic E-state index is 13.4. The van der Waals surface area contributed by atoms with Crippen LogP contribution in [0.25, 0.3) is 0 Å². The van der Waals surface area contributed by atoms with Crippen molar-refractivity contribution in [3.63, 3.8) is 0 Å². The predicted molar refractivity (Wildman–Crippen MR) is 60.0 cm³/mol. The van der Waals surface area contributed by atoms with Gasteiger partial charge in [-0.1, -0.05) is 5.16 Å². The second kappa shape index (κ2) is 4.44. The number of benzene rings is 1. The standard InChI is InChI=1S/C11H9F2N3O2/c1-5-2-10(16-18-5)15-11(17)6-3-9(14)8(13)4-7(6)12/h2-4H,14H2,1H3,(H,15,16,17). The van der Waals surface area contributed by atoms with Crippen LogP contribution in [0.3, 0.4) is 0 Å². The molecular weight excluding hydrogens is 244 g/mol. The molecule has 0 saturated heterocycles. The molecular formula is C11H9F2N3O2. The van der Waals surface area contributed by atoms with Gasteiger partial charge in [-0.05, 0) is 13.0 Å². The Kier molecular flexibility index (Phi) is 2.97. The van der Waals surface area contributed by atoms with Crippen LogP contribution in [0, 0.1) is 18.6 Å². The molecule has 0 aliphatic heterocycles. The molecule has 0 spiro atoms. The van der Waals surface area contributed by atoms with Crippen molar-refractivity contribution >= 4 is 17.4 Å². The first kappa shape index (κ1) is 12.0. The zero-order valence-corrected chi connectivity index (χ0v) is 9.33. The molecule has 7 heteroatoms. The van der Waals surface area contributed by atoms with Gasteiger partial charge in [-0.15, -0.1) is 0 Å². The van der Waals surface area contributed by atoms with Gasteiger partial charge in [0.15, 0.2) is 5.82 Å². The molecule has 0 atom stereocenters. The third kappa shape index (κ3) is 2.29. The Morgan fingerprint density at radius 3 is 2.67 bits per heavy atom. The Labute approximate surface area is 101 Å². The summed E-state index contributed by atoms with van der Waals surface area (Å²) < 4.78 is 31.0. The van der Waals surface area contributed by atoms with Crippen LogP contribution in [0.2, 0.25) is 0 Å². The van der Waals surface area contributed by atoms with Crippen LogP contribution in [0.4, 0.5) is 20.3 Å². The van der Waals surface area contributed by atoms with E-state index < -0.39 is 17.5 Å². The number of nitrogens with zero attached hydrogens (tertiary/aromatic N) is 1. The summed E-state index contributed by atoms with van der Waals surface area (Å²) in [5, 5.41) is 5.82. The Hall–Kier alpha value is -2.44. The molecule has 1 aromatic heterocycles. The van der Waals surface area contributed by atoms with Crippen LogP contribution in [0.15, 0.2) is 22.7 Å². The maximum absolute atomic E-state index is 13.4. The Balaban J connectivity index is 2.26. The summed E-state index contributed by atoms with van der Waals surface area (Å²) in [5.74, 6) is -2.07. The number of anilines is 2. The van der Waals surface area contributed by atoms with Gasteiger partial charge in [0.25, 0.3) is 5.91 Å². The topological polar surface area (TPSA) is 81.2 Å². The highest BCUT2D eigenvalue weighted by molar-refractivity contribution is 6.04. The summed E-state index contributed by atoms with van der Waals surface area (Å²) in [4.78, 5) is 11.7. The number of aromatic nitrogens is 1. The number of hydrogen-bond donors (Lipinski definition) is 2. The molecule has 0 unspecified atom stereocenters. The molecule has 0 saturated carbocycles. The molecule has 2 rings (SSSR count). The molecule has 0 radical (unpaired) electrons. The lowest BCUT2D eigenvalue weighted by atomic mass is 10.1. The van der Waals surface area contributed by atoms with E-state index in [9.17, 15) is 13.6 Å². The molecule has 1 amide bonds. The molecule has 3 N–H and O–H groups in total. The van der Waals surface area contributed by atoms with Gasteiger partial charge in [-0.3, -0.25) is 4.79 Å². The van der Waals surface area contributed by atoms with E-state index >= 15 is 0 Å². The van der Waals surface area contributed by atoms with Crippen molar-refractivity contribution in [1.29, 1.82) is 0 Å². The van der Waals surface area contributed by atoms with E-state index in [1.165, 1.54) is 6.07 Å².